The van der Waals surface area contributed by atoms with Crippen molar-refractivity contribution in [3.63, 3.8) is 0 Å². The van der Waals surface area contributed by atoms with Crippen LogP contribution >= 0.6 is 0 Å². The first kappa shape index (κ1) is 15.7. The number of likely N-dealkylation sites (tertiary alicyclic amines) is 1. The Kier molecular flexibility index (Phi) is 3.75. The van der Waals surface area contributed by atoms with Gasteiger partial charge < -0.3 is 4.90 Å². The Morgan fingerprint density at radius 3 is 2.92 bits per heavy atom. The average Bonchev–Trinajstić information content (AvgIpc) is 3.22. The zero-order valence-corrected chi connectivity index (χ0v) is 14.2. The Morgan fingerprint density at radius 1 is 1.32 bits per heavy atom. The number of nitrogens with zero attached hydrogens (tertiary/aromatic N) is 4. The third-order valence-corrected chi connectivity index (χ3v) is 4.82. The van der Waals surface area contributed by atoms with Gasteiger partial charge in [0.15, 0.2) is 0 Å². The van der Waals surface area contributed by atoms with Crippen molar-refractivity contribution in [3.05, 3.63) is 59.3 Å². The first-order valence-corrected chi connectivity index (χ1v) is 8.39. The number of amides is 1. The Bertz CT molecular complexity index is 965. The van der Waals surface area contributed by atoms with E-state index in [0.717, 1.165) is 30.3 Å². The lowest BCUT2D eigenvalue weighted by Gasteiger charge is -2.24. The van der Waals surface area contributed by atoms with E-state index >= 15 is 0 Å². The van der Waals surface area contributed by atoms with Crippen LogP contribution in [-0.2, 0) is 7.05 Å². The molecular weight excluding hydrogens is 319 g/mol. The molecule has 4 rings (SSSR count). The molecule has 1 saturated heterocycles. The molecule has 5 nitrogen and oxygen atoms in total. The smallest absolute Gasteiger partial charge is 0.256 e. The number of halogens is 1. The number of hydrogen-bond donors (Lipinski definition) is 0. The summed E-state index contributed by atoms with van der Waals surface area (Å²) < 4.78 is 15.1. The Morgan fingerprint density at radius 2 is 2.16 bits per heavy atom. The lowest BCUT2D eigenvalue weighted by molar-refractivity contribution is 0.0734. The zero-order chi connectivity index (χ0) is 17.6. The highest BCUT2D eigenvalue weighted by atomic mass is 19.1. The van der Waals surface area contributed by atoms with E-state index in [4.69, 9.17) is 0 Å². The lowest BCUT2D eigenvalue weighted by atomic mass is 10.1. The second-order valence-corrected chi connectivity index (χ2v) is 6.56. The summed E-state index contributed by atoms with van der Waals surface area (Å²) in [5.74, 6) is -0.350. The van der Waals surface area contributed by atoms with Crippen LogP contribution in [-0.4, -0.2) is 32.1 Å². The van der Waals surface area contributed by atoms with Crippen molar-refractivity contribution in [2.45, 2.75) is 25.8 Å². The van der Waals surface area contributed by atoms with Crippen LogP contribution < -0.4 is 0 Å². The summed E-state index contributed by atoms with van der Waals surface area (Å²) in [7, 11) is 1.88. The fourth-order valence-corrected chi connectivity index (χ4v) is 3.58. The number of pyridine rings is 1. The van der Waals surface area contributed by atoms with Crippen LogP contribution in [0.2, 0.25) is 0 Å². The number of aromatic nitrogens is 3. The highest BCUT2D eigenvalue weighted by Crippen LogP contribution is 2.33. The number of benzene rings is 1. The van der Waals surface area contributed by atoms with Gasteiger partial charge in [-0.05, 0) is 38.0 Å². The number of hydrogen-bond acceptors (Lipinski definition) is 3. The maximum absolute atomic E-state index is 13.4. The second kappa shape index (κ2) is 5.95. The SMILES string of the molecule is Cc1nc2cc(F)ccc2cc1C(=O)N1CCC[C@H]1c1cnn(C)c1. The molecule has 3 aromatic rings. The van der Waals surface area contributed by atoms with Crippen LogP contribution in [0.4, 0.5) is 4.39 Å². The largest absolute Gasteiger partial charge is 0.331 e. The van der Waals surface area contributed by atoms with Crippen molar-refractivity contribution in [2.75, 3.05) is 6.54 Å². The average molecular weight is 338 g/mol. The molecule has 0 spiro atoms. The Labute approximate surface area is 145 Å². The quantitative estimate of drug-likeness (QED) is 0.720. The van der Waals surface area contributed by atoms with Gasteiger partial charge in [0.1, 0.15) is 5.82 Å². The minimum absolute atomic E-state index is 0.0254. The van der Waals surface area contributed by atoms with E-state index in [1.807, 2.05) is 30.4 Å². The van der Waals surface area contributed by atoms with Crippen LogP contribution in [0.25, 0.3) is 10.9 Å². The third kappa shape index (κ3) is 2.77. The molecule has 25 heavy (non-hydrogen) atoms. The maximum atomic E-state index is 13.4. The van der Waals surface area contributed by atoms with Crippen LogP contribution in [0.1, 0.15) is 40.5 Å². The van der Waals surface area contributed by atoms with E-state index in [1.54, 1.807) is 17.7 Å². The maximum Gasteiger partial charge on any atom is 0.256 e. The number of aryl methyl sites for hydroxylation is 2. The molecule has 1 aromatic carbocycles. The van der Waals surface area contributed by atoms with Gasteiger partial charge in [-0.3, -0.25) is 14.5 Å². The van der Waals surface area contributed by atoms with Crippen molar-refractivity contribution < 1.29 is 9.18 Å². The van der Waals surface area contributed by atoms with Crippen LogP contribution in [0.3, 0.4) is 0 Å². The minimum Gasteiger partial charge on any atom is -0.331 e. The molecule has 1 aliphatic heterocycles. The van der Waals surface area contributed by atoms with Crippen molar-refractivity contribution in [1.82, 2.24) is 19.7 Å². The highest BCUT2D eigenvalue weighted by molar-refractivity contribution is 5.99. The molecule has 1 aliphatic rings. The van der Waals surface area contributed by atoms with E-state index in [2.05, 4.69) is 10.1 Å². The molecule has 1 amide bonds. The fraction of sp³-hybridized carbons (Fsp3) is 0.316. The second-order valence-electron chi connectivity index (χ2n) is 6.56. The molecule has 1 atom stereocenters. The summed E-state index contributed by atoms with van der Waals surface area (Å²) in [5.41, 5.74) is 2.83. The van der Waals surface area contributed by atoms with Gasteiger partial charge in [-0.15, -0.1) is 0 Å². The van der Waals surface area contributed by atoms with Gasteiger partial charge >= 0.3 is 0 Å². The van der Waals surface area contributed by atoms with Gasteiger partial charge in [0.25, 0.3) is 5.91 Å². The normalized spacial score (nSPS) is 17.4. The fourth-order valence-electron chi connectivity index (χ4n) is 3.58. The monoisotopic (exact) mass is 338 g/mol. The Hall–Kier alpha value is -2.76. The van der Waals surface area contributed by atoms with E-state index in [9.17, 15) is 9.18 Å². The molecule has 6 heteroatoms. The van der Waals surface area contributed by atoms with Crippen LogP contribution in [0, 0.1) is 12.7 Å². The molecule has 0 radical (unpaired) electrons. The van der Waals surface area contributed by atoms with E-state index < -0.39 is 0 Å². The molecule has 3 heterocycles. The zero-order valence-electron chi connectivity index (χ0n) is 14.2. The molecule has 0 N–H and O–H groups in total. The Balaban J connectivity index is 1.71. The van der Waals surface area contributed by atoms with E-state index in [1.165, 1.54) is 12.1 Å². The van der Waals surface area contributed by atoms with Gasteiger partial charge in [-0.25, -0.2) is 4.39 Å². The van der Waals surface area contributed by atoms with Gasteiger partial charge in [0, 0.05) is 36.8 Å². The van der Waals surface area contributed by atoms with Gasteiger partial charge in [-0.2, -0.15) is 5.10 Å². The third-order valence-electron chi connectivity index (χ3n) is 4.82. The summed E-state index contributed by atoms with van der Waals surface area (Å²) in [6.45, 7) is 2.52. The first-order valence-electron chi connectivity index (χ1n) is 8.39. The summed E-state index contributed by atoms with van der Waals surface area (Å²) in [5, 5.41) is 5.00. The summed E-state index contributed by atoms with van der Waals surface area (Å²) in [6.07, 6.45) is 5.69. The van der Waals surface area contributed by atoms with Crippen LogP contribution in [0.15, 0.2) is 36.7 Å². The molecule has 0 bridgehead atoms. The first-order chi connectivity index (χ1) is 12.0. The predicted octanol–water partition coefficient (Wildman–Crippen LogP) is 3.39. The number of carbonyl (C=O) groups excluding carboxylic acids is 1. The van der Waals surface area contributed by atoms with E-state index in [-0.39, 0.29) is 17.8 Å². The molecule has 0 aliphatic carbocycles. The predicted molar refractivity (Wildman–Crippen MR) is 92.7 cm³/mol. The molecular formula is C19H19FN4O. The minimum atomic E-state index is -0.324. The van der Waals surface area contributed by atoms with Crippen molar-refractivity contribution in [3.8, 4) is 0 Å². The van der Waals surface area contributed by atoms with Crippen molar-refractivity contribution in [2.24, 2.45) is 7.05 Å². The van der Waals surface area contributed by atoms with Crippen molar-refractivity contribution >= 4 is 16.8 Å². The van der Waals surface area contributed by atoms with Gasteiger partial charge in [-0.1, -0.05) is 0 Å². The van der Waals surface area contributed by atoms with Crippen molar-refractivity contribution in [1.29, 1.82) is 0 Å². The van der Waals surface area contributed by atoms with E-state index in [0.29, 0.717) is 16.8 Å². The summed E-state index contributed by atoms with van der Waals surface area (Å²) >= 11 is 0. The van der Waals surface area contributed by atoms with Crippen LogP contribution in [0.5, 0.6) is 0 Å². The van der Waals surface area contributed by atoms with Gasteiger partial charge in [0.05, 0.1) is 29.0 Å². The molecule has 0 unspecified atom stereocenters. The standard InChI is InChI=1S/C19H19FN4O/c1-12-16(8-13-5-6-15(20)9-17(13)22-12)19(25)24-7-3-4-18(24)14-10-21-23(2)11-14/h5-6,8-11,18H,3-4,7H2,1-2H3/t18-/m0/s1. The summed E-state index contributed by atoms with van der Waals surface area (Å²) in [4.78, 5) is 19.5. The number of carbonyl (C=O) groups is 1. The van der Waals surface area contributed by atoms with Gasteiger partial charge in [0.2, 0.25) is 0 Å². The number of fused-ring (bicyclic) bond motifs is 1. The molecule has 0 saturated carbocycles. The molecule has 128 valence electrons. The molecule has 1 fully saturated rings. The molecule has 2 aromatic heterocycles. The topological polar surface area (TPSA) is 51.0 Å². The summed E-state index contributed by atoms with van der Waals surface area (Å²) in [6, 6.07) is 6.31. The highest BCUT2D eigenvalue weighted by Gasteiger charge is 2.32. The lowest BCUT2D eigenvalue weighted by Crippen LogP contribution is -2.31. The number of rotatable bonds is 2.